The maximum atomic E-state index is 13.1. The number of para-hydroxylation sites is 1. The van der Waals surface area contributed by atoms with Gasteiger partial charge in [-0.15, -0.1) is 0 Å². The summed E-state index contributed by atoms with van der Waals surface area (Å²) in [5.74, 6) is -0.293. The Kier molecular flexibility index (Phi) is 6.46. The number of amides is 1. The minimum Gasteiger partial charge on any atom is -0.307 e. The number of hydrogen-bond acceptors (Lipinski definition) is 3. The van der Waals surface area contributed by atoms with Crippen LogP contribution in [0.4, 0.5) is 5.69 Å². The van der Waals surface area contributed by atoms with E-state index in [1.54, 1.807) is 29.2 Å². The smallest absolute Gasteiger partial charge is 0.243 e. The lowest BCUT2D eigenvalue weighted by atomic mass is 10.2. The van der Waals surface area contributed by atoms with Gasteiger partial charge in [-0.25, -0.2) is 8.42 Å². The molecule has 5 nitrogen and oxygen atoms in total. The third kappa shape index (κ3) is 5.10. The highest BCUT2D eigenvalue weighted by Crippen LogP contribution is 2.19. The third-order valence-electron chi connectivity index (χ3n) is 4.64. The first-order valence-electron chi connectivity index (χ1n) is 9.30. The fourth-order valence-corrected chi connectivity index (χ4v) is 4.07. The number of hydrogen-bond donors (Lipinski definition) is 0. The van der Waals surface area contributed by atoms with Crippen LogP contribution < -0.4 is 4.90 Å². The Morgan fingerprint density at radius 3 is 1.97 bits per heavy atom. The second-order valence-corrected chi connectivity index (χ2v) is 8.92. The van der Waals surface area contributed by atoms with Crippen LogP contribution in [0.5, 0.6) is 0 Å². The fraction of sp³-hybridized carbons (Fsp3) is 0.174. The summed E-state index contributed by atoms with van der Waals surface area (Å²) >= 11 is 0. The van der Waals surface area contributed by atoms with Crippen molar-refractivity contribution < 1.29 is 13.2 Å². The summed E-state index contributed by atoms with van der Waals surface area (Å²) in [4.78, 5) is 14.9. The van der Waals surface area contributed by atoms with Gasteiger partial charge >= 0.3 is 0 Å². The largest absolute Gasteiger partial charge is 0.307 e. The van der Waals surface area contributed by atoms with E-state index in [0.29, 0.717) is 6.54 Å². The molecule has 6 heteroatoms. The molecule has 0 bridgehead atoms. The lowest BCUT2D eigenvalue weighted by Gasteiger charge is -2.26. The van der Waals surface area contributed by atoms with E-state index >= 15 is 0 Å². The van der Waals surface area contributed by atoms with Crippen LogP contribution in [0.2, 0.25) is 0 Å². The van der Waals surface area contributed by atoms with Crippen molar-refractivity contribution in [2.75, 3.05) is 18.5 Å². The number of likely N-dealkylation sites (N-methyl/N-ethyl adjacent to an activating group) is 1. The highest BCUT2D eigenvalue weighted by Gasteiger charge is 2.26. The van der Waals surface area contributed by atoms with E-state index in [1.807, 2.05) is 67.6 Å². The summed E-state index contributed by atoms with van der Waals surface area (Å²) < 4.78 is 26.8. The molecule has 3 aromatic carbocycles. The molecule has 0 aliphatic rings. The van der Waals surface area contributed by atoms with E-state index in [1.165, 1.54) is 7.05 Å². The summed E-state index contributed by atoms with van der Waals surface area (Å²) in [7, 11) is -2.32. The number of sulfonamides is 1. The molecule has 0 spiro atoms. The van der Waals surface area contributed by atoms with E-state index in [2.05, 4.69) is 0 Å². The zero-order valence-corrected chi connectivity index (χ0v) is 17.3. The maximum absolute atomic E-state index is 13.1. The van der Waals surface area contributed by atoms with Crippen molar-refractivity contribution in [1.82, 2.24) is 4.31 Å². The highest BCUT2D eigenvalue weighted by molar-refractivity contribution is 7.89. The Labute approximate surface area is 172 Å². The van der Waals surface area contributed by atoms with Crippen LogP contribution in [0.1, 0.15) is 11.1 Å². The topological polar surface area (TPSA) is 57.7 Å². The number of rotatable bonds is 7. The van der Waals surface area contributed by atoms with E-state index in [-0.39, 0.29) is 17.3 Å². The van der Waals surface area contributed by atoms with Crippen LogP contribution in [0.3, 0.4) is 0 Å². The van der Waals surface area contributed by atoms with E-state index < -0.39 is 10.0 Å². The summed E-state index contributed by atoms with van der Waals surface area (Å²) in [6.07, 6.45) is 0. The molecular weight excluding hydrogens is 384 g/mol. The van der Waals surface area contributed by atoms with Crippen LogP contribution in [0, 0.1) is 6.92 Å². The standard InChI is InChI=1S/C23H24N2O3S/c1-19-13-15-22(16-14-19)29(27,28)24(2)18-23(26)25(21-11-7-4-8-12-21)17-20-9-5-3-6-10-20/h3-16H,17-18H2,1-2H3. The van der Waals surface area contributed by atoms with Gasteiger partial charge in [0.1, 0.15) is 0 Å². The quantitative estimate of drug-likeness (QED) is 0.597. The molecule has 0 atom stereocenters. The first kappa shape index (κ1) is 20.8. The molecule has 3 rings (SSSR count). The number of anilines is 1. The van der Waals surface area contributed by atoms with Crippen LogP contribution in [-0.2, 0) is 21.4 Å². The van der Waals surface area contributed by atoms with E-state index in [9.17, 15) is 13.2 Å². The van der Waals surface area contributed by atoms with Crippen molar-refractivity contribution in [2.45, 2.75) is 18.4 Å². The maximum Gasteiger partial charge on any atom is 0.243 e. The highest BCUT2D eigenvalue weighted by atomic mass is 32.2. The molecular formula is C23H24N2O3S. The monoisotopic (exact) mass is 408 g/mol. The van der Waals surface area contributed by atoms with Gasteiger partial charge in [0.05, 0.1) is 18.0 Å². The van der Waals surface area contributed by atoms with Gasteiger partial charge in [-0.2, -0.15) is 4.31 Å². The SMILES string of the molecule is Cc1ccc(S(=O)(=O)N(C)CC(=O)N(Cc2ccccc2)c2ccccc2)cc1. The molecule has 0 aliphatic carbocycles. The number of carbonyl (C=O) groups is 1. The Morgan fingerprint density at radius 2 is 1.38 bits per heavy atom. The third-order valence-corrected chi connectivity index (χ3v) is 6.46. The van der Waals surface area contributed by atoms with Crippen molar-refractivity contribution in [3.05, 3.63) is 96.1 Å². The van der Waals surface area contributed by atoms with Gasteiger partial charge in [-0.3, -0.25) is 4.79 Å². The summed E-state index contributed by atoms with van der Waals surface area (Å²) in [6, 6.07) is 25.5. The van der Waals surface area contributed by atoms with Crippen molar-refractivity contribution in [3.63, 3.8) is 0 Å². The van der Waals surface area contributed by atoms with Crippen LogP contribution in [-0.4, -0.2) is 32.2 Å². The van der Waals surface area contributed by atoms with Gasteiger partial charge in [0.25, 0.3) is 0 Å². The Morgan fingerprint density at radius 1 is 0.828 bits per heavy atom. The number of aryl methyl sites for hydroxylation is 1. The summed E-state index contributed by atoms with van der Waals surface area (Å²) in [5.41, 5.74) is 2.66. The molecule has 0 unspecified atom stereocenters. The average molecular weight is 409 g/mol. The first-order chi connectivity index (χ1) is 13.9. The van der Waals surface area contributed by atoms with Gasteiger partial charge < -0.3 is 4.90 Å². The number of nitrogens with zero attached hydrogens (tertiary/aromatic N) is 2. The lowest BCUT2D eigenvalue weighted by Crippen LogP contribution is -2.41. The van der Waals surface area contributed by atoms with Gasteiger partial charge in [-0.1, -0.05) is 66.2 Å². The van der Waals surface area contributed by atoms with Crippen LogP contribution in [0.25, 0.3) is 0 Å². The lowest BCUT2D eigenvalue weighted by molar-refractivity contribution is -0.118. The van der Waals surface area contributed by atoms with Gasteiger partial charge in [-0.05, 0) is 36.8 Å². The van der Waals surface area contributed by atoms with Gasteiger partial charge in [0, 0.05) is 12.7 Å². The molecule has 0 N–H and O–H groups in total. The zero-order valence-electron chi connectivity index (χ0n) is 16.5. The molecule has 0 fully saturated rings. The van der Waals surface area contributed by atoms with E-state index in [4.69, 9.17) is 0 Å². The van der Waals surface area contributed by atoms with Crippen molar-refractivity contribution in [3.8, 4) is 0 Å². The first-order valence-corrected chi connectivity index (χ1v) is 10.7. The molecule has 29 heavy (non-hydrogen) atoms. The zero-order chi connectivity index (χ0) is 20.9. The Bertz CT molecular complexity index is 1050. The predicted molar refractivity (Wildman–Crippen MR) is 115 cm³/mol. The summed E-state index contributed by atoms with van der Waals surface area (Å²) in [6.45, 7) is 2.00. The molecule has 3 aromatic rings. The van der Waals surface area contributed by atoms with Gasteiger partial charge in [0.15, 0.2) is 0 Å². The Balaban J connectivity index is 1.83. The molecule has 150 valence electrons. The van der Waals surface area contributed by atoms with Crippen molar-refractivity contribution in [1.29, 1.82) is 0 Å². The van der Waals surface area contributed by atoms with Crippen molar-refractivity contribution in [2.24, 2.45) is 0 Å². The molecule has 1 amide bonds. The van der Waals surface area contributed by atoms with E-state index in [0.717, 1.165) is 21.1 Å². The minimum atomic E-state index is -3.75. The molecule has 0 aromatic heterocycles. The molecule has 0 heterocycles. The molecule has 0 saturated heterocycles. The Hall–Kier alpha value is -2.96. The summed E-state index contributed by atoms with van der Waals surface area (Å²) in [5, 5.41) is 0. The molecule has 0 aliphatic heterocycles. The van der Waals surface area contributed by atoms with Gasteiger partial charge in [0.2, 0.25) is 15.9 Å². The second-order valence-electron chi connectivity index (χ2n) is 6.88. The van der Waals surface area contributed by atoms with Crippen molar-refractivity contribution >= 4 is 21.6 Å². The minimum absolute atomic E-state index is 0.174. The second kappa shape index (κ2) is 9.03. The van der Waals surface area contributed by atoms with Crippen LogP contribution >= 0.6 is 0 Å². The van der Waals surface area contributed by atoms with Crippen LogP contribution in [0.15, 0.2) is 89.8 Å². The predicted octanol–water partition coefficient (Wildman–Crippen LogP) is 3.85. The molecule has 0 saturated carbocycles. The normalized spacial score (nSPS) is 11.4. The number of benzene rings is 3. The fourth-order valence-electron chi connectivity index (χ4n) is 2.95. The number of carbonyl (C=O) groups excluding carboxylic acids is 1. The average Bonchev–Trinajstić information content (AvgIpc) is 2.73. The molecule has 0 radical (unpaired) electrons.